The van der Waals surface area contributed by atoms with Gasteiger partial charge in [0.1, 0.15) is 0 Å². The van der Waals surface area contributed by atoms with Gasteiger partial charge in [0, 0.05) is 31.8 Å². The summed E-state index contributed by atoms with van der Waals surface area (Å²) in [6.07, 6.45) is 12.0. The topological polar surface area (TPSA) is 112 Å². The third kappa shape index (κ3) is 6.40. The molecule has 0 aromatic heterocycles. The van der Waals surface area contributed by atoms with Crippen LogP contribution in [0.15, 0.2) is 0 Å². The summed E-state index contributed by atoms with van der Waals surface area (Å²) < 4.78 is 20.0. The molecule has 0 amide bonds. The Balaban J connectivity index is 1.63. The SMILES string of the molecule is CNCCCO[C@H]1C[C@H]2C([C@H](OCCCN)CC3C[C@H](OCCCN)CCC32C)[C@@H]2CCC([C@H](C)CO)C12C. The Morgan fingerprint density at radius 2 is 1.62 bits per heavy atom. The summed E-state index contributed by atoms with van der Waals surface area (Å²) in [6, 6.07) is 0. The first kappa shape index (κ1) is 31.7. The molecule has 4 fully saturated rings. The maximum atomic E-state index is 10.3. The van der Waals surface area contributed by atoms with E-state index in [0.717, 1.165) is 71.3 Å². The fraction of sp³-hybridized carbons (Fsp3) is 1.00. The van der Waals surface area contributed by atoms with Gasteiger partial charge in [-0.1, -0.05) is 20.8 Å². The molecule has 0 aromatic rings. The van der Waals surface area contributed by atoms with Gasteiger partial charge in [-0.2, -0.15) is 0 Å². The van der Waals surface area contributed by atoms with Gasteiger partial charge in [0.25, 0.3) is 0 Å². The Kier molecular flexibility index (Phi) is 11.6. The molecule has 4 aliphatic rings. The van der Waals surface area contributed by atoms with Gasteiger partial charge >= 0.3 is 0 Å². The Morgan fingerprint density at radius 3 is 2.31 bits per heavy atom. The minimum Gasteiger partial charge on any atom is -0.396 e. The molecule has 5 unspecified atom stereocenters. The Hall–Kier alpha value is -0.280. The first-order valence-corrected chi connectivity index (χ1v) is 16.3. The van der Waals surface area contributed by atoms with Gasteiger partial charge in [-0.15, -0.1) is 0 Å². The zero-order chi connectivity index (χ0) is 28.0. The largest absolute Gasteiger partial charge is 0.396 e. The lowest BCUT2D eigenvalue weighted by Gasteiger charge is -2.64. The number of fused-ring (bicyclic) bond motifs is 5. The van der Waals surface area contributed by atoms with Crippen molar-refractivity contribution in [2.24, 2.45) is 57.8 Å². The molecule has 6 N–H and O–H groups in total. The molecule has 39 heavy (non-hydrogen) atoms. The molecule has 4 aliphatic carbocycles. The van der Waals surface area contributed by atoms with E-state index in [0.29, 0.717) is 60.1 Å². The lowest BCUT2D eigenvalue weighted by atomic mass is 9.43. The van der Waals surface area contributed by atoms with Crippen molar-refractivity contribution in [1.29, 1.82) is 0 Å². The van der Waals surface area contributed by atoms with Crippen molar-refractivity contribution in [2.45, 2.75) is 103 Å². The van der Waals surface area contributed by atoms with Gasteiger partial charge < -0.3 is 36.1 Å². The summed E-state index contributed by atoms with van der Waals surface area (Å²) in [5, 5.41) is 13.5. The van der Waals surface area contributed by atoms with Gasteiger partial charge in [-0.05, 0) is 132 Å². The second kappa shape index (κ2) is 14.3. The molecule has 0 spiro atoms. The van der Waals surface area contributed by atoms with Crippen LogP contribution < -0.4 is 16.8 Å². The van der Waals surface area contributed by atoms with Gasteiger partial charge in [-0.25, -0.2) is 0 Å². The third-order valence-electron chi connectivity index (χ3n) is 12.0. The standard InChI is InChI=1S/C32H61N3O4/c1-22(21-36)25-8-9-26-30-27(20-29(32(25,26)3)39-17-7-14-35-4)31(2)11-10-24(37-15-5-12-33)18-23(31)19-28(30)38-16-6-13-34/h22-30,35-36H,5-21,33-34H2,1-4H3/t22-,23?,24-,25?,26+,27+,28-,29+,30?,31?,32?/m1/s1. The van der Waals surface area contributed by atoms with Gasteiger partial charge in [0.2, 0.25) is 0 Å². The summed E-state index contributed by atoms with van der Waals surface area (Å²) in [6.45, 7) is 12.3. The average Bonchev–Trinajstić information content (AvgIpc) is 3.29. The number of nitrogens with one attached hydrogen (secondary N) is 1. The van der Waals surface area contributed by atoms with Gasteiger partial charge in [-0.3, -0.25) is 0 Å². The summed E-state index contributed by atoms with van der Waals surface area (Å²) >= 11 is 0. The molecule has 4 rings (SSSR count). The van der Waals surface area contributed by atoms with Crippen LogP contribution in [-0.4, -0.2) is 76.5 Å². The van der Waals surface area contributed by atoms with Crippen LogP contribution in [-0.2, 0) is 14.2 Å². The predicted octanol–water partition coefficient (Wildman–Crippen LogP) is 3.96. The van der Waals surface area contributed by atoms with Crippen molar-refractivity contribution in [3.8, 4) is 0 Å². The molecule has 0 radical (unpaired) electrons. The van der Waals surface area contributed by atoms with Crippen molar-refractivity contribution in [1.82, 2.24) is 5.32 Å². The lowest BCUT2D eigenvalue weighted by Crippen LogP contribution is -2.63. The van der Waals surface area contributed by atoms with E-state index in [2.05, 4.69) is 26.1 Å². The molecule has 0 aliphatic heterocycles. The molecule has 4 saturated carbocycles. The minimum absolute atomic E-state index is 0.0736. The molecular formula is C32H61N3O4. The minimum atomic E-state index is 0.0736. The quantitative estimate of drug-likeness (QED) is 0.228. The number of aliphatic hydroxyl groups excluding tert-OH is 1. The number of aliphatic hydroxyl groups is 1. The first-order chi connectivity index (χ1) is 18.8. The van der Waals surface area contributed by atoms with Crippen molar-refractivity contribution >= 4 is 0 Å². The molecular weight excluding hydrogens is 490 g/mol. The van der Waals surface area contributed by atoms with Crippen molar-refractivity contribution in [3.05, 3.63) is 0 Å². The van der Waals surface area contributed by atoms with E-state index in [4.69, 9.17) is 25.7 Å². The molecule has 228 valence electrons. The van der Waals surface area contributed by atoms with Gasteiger partial charge in [0.05, 0.1) is 18.3 Å². The predicted molar refractivity (Wildman–Crippen MR) is 157 cm³/mol. The van der Waals surface area contributed by atoms with Crippen LogP contribution in [0.2, 0.25) is 0 Å². The molecule has 11 atom stereocenters. The van der Waals surface area contributed by atoms with Crippen LogP contribution in [0.5, 0.6) is 0 Å². The number of nitrogens with two attached hydrogens (primary N) is 2. The maximum Gasteiger partial charge on any atom is 0.0637 e. The number of hydrogen-bond donors (Lipinski definition) is 4. The highest BCUT2D eigenvalue weighted by atomic mass is 16.5. The van der Waals surface area contributed by atoms with E-state index >= 15 is 0 Å². The van der Waals surface area contributed by atoms with Crippen molar-refractivity contribution in [2.75, 3.05) is 53.1 Å². The van der Waals surface area contributed by atoms with Crippen LogP contribution in [0.4, 0.5) is 0 Å². The lowest BCUT2D eigenvalue weighted by molar-refractivity contribution is -0.228. The van der Waals surface area contributed by atoms with Crippen molar-refractivity contribution < 1.29 is 19.3 Å². The van der Waals surface area contributed by atoms with Crippen LogP contribution >= 0.6 is 0 Å². The van der Waals surface area contributed by atoms with E-state index in [1.165, 1.54) is 19.3 Å². The monoisotopic (exact) mass is 551 g/mol. The Morgan fingerprint density at radius 1 is 0.897 bits per heavy atom. The number of rotatable bonds is 15. The number of hydrogen-bond acceptors (Lipinski definition) is 7. The normalized spacial score (nSPS) is 42.5. The Bertz CT molecular complexity index is 742. The summed E-state index contributed by atoms with van der Waals surface area (Å²) in [7, 11) is 2.02. The molecule has 0 saturated heterocycles. The number of ether oxygens (including phenoxy) is 3. The van der Waals surface area contributed by atoms with E-state index in [1.807, 2.05) is 7.05 Å². The molecule has 0 heterocycles. The van der Waals surface area contributed by atoms with E-state index in [9.17, 15) is 5.11 Å². The highest BCUT2D eigenvalue weighted by Crippen LogP contribution is 2.69. The summed E-state index contributed by atoms with van der Waals surface area (Å²) in [5.41, 5.74) is 12.0. The fourth-order valence-corrected chi connectivity index (χ4v) is 9.89. The molecule has 7 nitrogen and oxygen atoms in total. The van der Waals surface area contributed by atoms with Crippen LogP contribution in [0.1, 0.15) is 85.0 Å². The van der Waals surface area contributed by atoms with E-state index in [1.54, 1.807) is 0 Å². The van der Waals surface area contributed by atoms with Crippen molar-refractivity contribution in [3.63, 3.8) is 0 Å². The zero-order valence-corrected chi connectivity index (χ0v) is 25.5. The second-order valence-corrected chi connectivity index (χ2v) is 14.0. The maximum absolute atomic E-state index is 10.3. The fourth-order valence-electron chi connectivity index (χ4n) is 9.89. The first-order valence-electron chi connectivity index (χ1n) is 16.3. The van der Waals surface area contributed by atoms with Crippen LogP contribution in [0.25, 0.3) is 0 Å². The Labute approximate surface area is 238 Å². The van der Waals surface area contributed by atoms with E-state index < -0.39 is 0 Å². The van der Waals surface area contributed by atoms with E-state index in [-0.39, 0.29) is 24.2 Å². The van der Waals surface area contributed by atoms with Gasteiger partial charge in [0.15, 0.2) is 0 Å². The van der Waals surface area contributed by atoms with Crippen LogP contribution in [0.3, 0.4) is 0 Å². The average molecular weight is 552 g/mol. The summed E-state index contributed by atoms with van der Waals surface area (Å²) in [5.74, 6) is 3.12. The summed E-state index contributed by atoms with van der Waals surface area (Å²) in [4.78, 5) is 0. The molecule has 7 heteroatoms. The highest BCUT2D eigenvalue weighted by molar-refractivity contribution is 5.15. The molecule has 0 aromatic carbocycles. The third-order valence-corrected chi connectivity index (χ3v) is 12.0. The highest BCUT2D eigenvalue weighted by Gasteiger charge is 2.66. The van der Waals surface area contributed by atoms with Crippen LogP contribution in [0, 0.1) is 46.3 Å². The second-order valence-electron chi connectivity index (χ2n) is 14.0. The zero-order valence-electron chi connectivity index (χ0n) is 25.5. The smallest absolute Gasteiger partial charge is 0.0637 e. The molecule has 0 bridgehead atoms.